The summed E-state index contributed by atoms with van der Waals surface area (Å²) in [4.78, 5) is 12.1. The SMILES string of the molecule is COc1c(I)cn(CCC(C)(C)C)c(=O)c1C#N. The van der Waals surface area contributed by atoms with E-state index >= 15 is 0 Å². The summed E-state index contributed by atoms with van der Waals surface area (Å²) in [6.07, 6.45) is 2.62. The van der Waals surface area contributed by atoms with E-state index in [2.05, 4.69) is 43.4 Å². The third-order valence-electron chi connectivity index (χ3n) is 2.61. The van der Waals surface area contributed by atoms with Crippen molar-refractivity contribution in [1.29, 1.82) is 5.26 Å². The smallest absolute Gasteiger partial charge is 0.272 e. The third kappa shape index (κ3) is 3.48. The molecule has 4 nitrogen and oxygen atoms in total. The molecule has 1 heterocycles. The van der Waals surface area contributed by atoms with Crippen LogP contribution in [-0.2, 0) is 6.54 Å². The summed E-state index contributed by atoms with van der Waals surface area (Å²) in [6.45, 7) is 6.98. The number of methoxy groups -OCH3 is 1. The normalized spacial score (nSPS) is 11.1. The Hall–Kier alpha value is -1.03. The minimum absolute atomic E-state index is 0.0818. The number of aromatic nitrogens is 1. The quantitative estimate of drug-likeness (QED) is 0.779. The summed E-state index contributed by atoms with van der Waals surface area (Å²) in [5, 5.41) is 9.06. The van der Waals surface area contributed by atoms with Crippen LogP contribution in [0.1, 0.15) is 32.8 Å². The molecule has 0 aliphatic carbocycles. The first-order valence-corrected chi connectivity index (χ1v) is 6.75. The van der Waals surface area contributed by atoms with Gasteiger partial charge in [0.15, 0.2) is 11.3 Å². The van der Waals surface area contributed by atoms with Crippen molar-refractivity contribution in [2.75, 3.05) is 7.11 Å². The highest BCUT2D eigenvalue weighted by Crippen LogP contribution is 2.23. The number of rotatable bonds is 3. The van der Waals surface area contributed by atoms with Gasteiger partial charge in [-0.25, -0.2) is 0 Å². The van der Waals surface area contributed by atoms with Crippen LogP contribution in [0.4, 0.5) is 0 Å². The first-order chi connectivity index (χ1) is 8.30. The fourth-order valence-electron chi connectivity index (χ4n) is 1.53. The van der Waals surface area contributed by atoms with Crippen molar-refractivity contribution in [1.82, 2.24) is 4.57 Å². The topological polar surface area (TPSA) is 55.0 Å². The van der Waals surface area contributed by atoms with E-state index in [1.807, 2.05) is 6.07 Å². The lowest BCUT2D eigenvalue weighted by Crippen LogP contribution is -2.25. The predicted octanol–water partition coefficient (Wildman–Crippen LogP) is 2.77. The molecule has 0 aliphatic rings. The Morgan fingerprint density at radius 3 is 2.56 bits per heavy atom. The van der Waals surface area contributed by atoms with Crippen molar-refractivity contribution in [3.05, 3.63) is 25.7 Å². The number of nitriles is 1. The van der Waals surface area contributed by atoms with Crippen molar-refractivity contribution in [3.63, 3.8) is 0 Å². The van der Waals surface area contributed by atoms with Gasteiger partial charge in [0.25, 0.3) is 5.56 Å². The Morgan fingerprint density at radius 1 is 1.50 bits per heavy atom. The zero-order valence-electron chi connectivity index (χ0n) is 11.1. The van der Waals surface area contributed by atoms with Crippen molar-refractivity contribution in [3.8, 4) is 11.8 Å². The van der Waals surface area contributed by atoms with E-state index in [1.165, 1.54) is 7.11 Å². The summed E-state index contributed by atoms with van der Waals surface area (Å²) in [6, 6.07) is 1.93. The fourth-order valence-corrected chi connectivity index (χ4v) is 2.36. The summed E-state index contributed by atoms with van der Waals surface area (Å²) in [5.74, 6) is 0.370. The Morgan fingerprint density at radius 2 is 2.11 bits per heavy atom. The van der Waals surface area contributed by atoms with Crippen LogP contribution in [0.15, 0.2) is 11.0 Å². The highest BCUT2D eigenvalue weighted by Gasteiger charge is 2.16. The number of nitrogens with zero attached hydrogens (tertiary/aromatic N) is 2. The minimum Gasteiger partial charge on any atom is -0.494 e. The molecule has 0 unspecified atom stereocenters. The van der Waals surface area contributed by atoms with Gasteiger partial charge in [-0.3, -0.25) is 4.79 Å². The molecule has 0 spiro atoms. The van der Waals surface area contributed by atoms with E-state index in [4.69, 9.17) is 10.00 Å². The van der Waals surface area contributed by atoms with Gasteiger partial charge in [-0.1, -0.05) is 20.8 Å². The molecule has 5 heteroatoms. The largest absolute Gasteiger partial charge is 0.494 e. The molecule has 0 amide bonds. The number of aryl methyl sites for hydroxylation is 1. The van der Waals surface area contributed by atoms with Crippen molar-refractivity contribution >= 4 is 22.6 Å². The molecule has 0 bridgehead atoms. The maximum absolute atomic E-state index is 12.1. The van der Waals surface area contributed by atoms with Crippen LogP contribution in [-0.4, -0.2) is 11.7 Å². The molecular formula is C13H17IN2O2. The van der Waals surface area contributed by atoms with Crippen LogP contribution in [0.3, 0.4) is 0 Å². The zero-order valence-corrected chi connectivity index (χ0v) is 13.2. The van der Waals surface area contributed by atoms with Gasteiger partial charge in [0.1, 0.15) is 6.07 Å². The average Bonchev–Trinajstić information content (AvgIpc) is 2.28. The van der Waals surface area contributed by atoms with Gasteiger partial charge in [-0.15, -0.1) is 0 Å². The molecule has 0 N–H and O–H groups in total. The van der Waals surface area contributed by atoms with Gasteiger partial charge in [-0.05, 0) is 34.4 Å². The van der Waals surface area contributed by atoms with E-state index in [9.17, 15) is 4.79 Å². The van der Waals surface area contributed by atoms with Gasteiger partial charge in [-0.2, -0.15) is 5.26 Å². The van der Waals surface area contributed by atoms with Crippen molar-refractivity contribution in [2.45, 2.75) is 33.7 Å². The van der Waals surface area contributed by atoms with E-state index in [0.717, 1.165) is 9.99 Å². The van der Waals surface area contributed by atoms with Gasteiger partial charge >= 0.3 is 0 Å². The molecule has 1 aromatic rings. The molecule has 1 aromatic heterocycles. The van der Waals surface area contributed by atoms with E-state index < -0.39 is 0 Å². The maximum atomic E-state index is 12.1. The van der Waals surface area contributed by atoms with Crippen LogP contribution in [0.5, 0.6) is 5.75 Å². The zero-order chi connectivity index (χ0) is 13.9. The number of hydrogen-bond acceptors (Lipinski definition) is 3. The molecule has 0 aromatic carbocycles. The molecule has 0 atom stereocenters. The number of ether oxygens (including phenoxy) is 1. The van der Waals surface area contributed by atoms with Crippen LogP contribution in [0.25, 0.3) is 0 Å². The second-order valence-electron chi connectivity index (χ2n) is 5.31. The molecule has 1 rings (SSSR count). The highest BCUT2D eigenvalue weighted by molar-refractivity contribution is 14.1. The van der Waals surface area contributed by atoms with Crippen LogP contribution in [0.2, 0.25) is 0 Å². The lowest BCUT2D eigenvalue weighted by molar-refractivity contribution is 0.346. The van der Waals surface area contributed by atoms with Crippen LogP contribution >= 0.6 is 22.6 Å². The van der Waals surface area contributed by atoms with Gasteiger partial charge < -0.3 is 9.30 Å². The lowest BCUT2D eigenvalue weighted by atomic mass is 9.92. The van der Waals surface area contributed by atoms with Crippen LogP contribution < -0.4 is 10.3 Å². The van der Waals surface area contributed by atoms with Gasteiger partial charge in [0.05, 0.1) is 10.7 Å². The van der Waals surface area contributed by atoms with Gasteiger partial charge in [0, 0.05) is 12.7 Å². The number of halogens is 1. The Balaban J connectivity index is 3.21. The summed E-state index contributed by atoms with van der Waals surface area (Å²) in [7, 11) is 1.47. The molecule has 0 saturated heterocycles. The monoisotopic (exact) mass is 360 g/mol. The second-order valence-corrected chi connectivity index (χ2v) is 6.47. The molecule has 18 heavy (non-hydrogen) atoms. The molecule has 0 aliphatic heterocycles. The highest BCUT2D eigenvalue weighted by atomic mass is 127. The molecule has 0 fully saturated rings. The van der Waals surface area contributed by atoms with E-state index in [0.29, 0.717) is 12.3 Å². The summed E-state index contributed by atoms with van der Waals surface area (Å²) in [5.41, 5.74) is -0.0465. The van der Waals surface area contributed by atoms with Crippen molar-refractivity contribution in [2.24, 2.45) is 5.41 Å². The maximum Gasteiger partial charge on any atom is 0.272 e. The summed E-state index contributed by atoms with van der Waals surface area (Å²) < 4.78 is 7.47. The average molecular weight is 360 g/mol. The molecule has 98 valence electrons. The first-order valence-electron chi connectivity index (χ1n) is 5.67. The van der Waals surface area contributed by atoms with Crippen molar-refractivity contribution < 1.29 is 4.74 Å². The fraction of sp³-hybridized carbons (Fsp3) is 0.538. The predicted molar refractivity (Wildman–Crippen MR) is 78.8 cm³/mol. The lowest BCUT2D eigenvalue weighted by Gasteiger charge is -2.19. The van der Waals surface area contributed by atoms with E-state index in [1.54, 1.807) is 10.8 Å². The molecule has 0 radical (unpaired) electrons. The Bertz CT molecular complexity index is 536. The Labute approximate surface area is 121 Å². The third-order valence-corrected chi connectivity index (χ3v) is 3.37. The Kier molecular flexibility index (Phi) is 4.79. The minimum atomic E-state index is -0.279. The summed E-state index contributed by atoms with van der Waals surface area (Å²) >= 11 is 2.08. The molecular weight excluding hydrogens is 343 g/mol. The van der Waals surface area contributed by atoms with Crippen LogP contribution in [0, 0.1) is 20.3 Å². The standard InChI is InChI=1S/C13H17IN2O2/c1-13(2,3)5-6-16-8-10(14)11(18-4)9(7-15)12(16)17/h8H,5-6H2,1-4H3. The van der Waals surface area contributed by atoms with E-state index in [-0.39, 0.29) is 16.5 Å². The second kappa shape index (κ2) is 5.74. The number of pyridine rings is 1. The number of hydrogen-bond donors (Lipinski definition) is 0. The molecule has 0 saturated carbocycles. The van der Waals surface area contributed by atoms with Gasteiger partial charge in [0.2, 0.25) is 0 Å². The first kappa shape index (κ1) is 15.0.